The Labute approximate surface area is 287 Å². The smallest absolute Gasteiger partial charge is 0.328 e. The van der Waals surface area contributed by atoms with Crippen LogP contribution in [0.5, 0.6) is 0 Å². The first-order valence-corrected chi connectivity index (χ1v) is 16.8. The molecule has 0 saturated carbocycles. The van der Waals surface area contributed by atoms with Crippen molar-refractivity contribution in [2.24, 2.45) is 7.05 Å². The fraction of sp³-hybridized carbons (Fsp3) is 0.412. The van der Waals surface area contributed by atoms with Crippen molar-refractivity contribution in [3.8, 4) is 0 Å². The molecule has 4 N–H and O–H groups in total. The number of carbonyl (C=O) groups excluding carboxylic acids is 2. The van der Waals surface area contributed by atoms with Gasteiger partial charge < -0.3 is 25.2 Å². The van der Waals surface area contributed by atoms with Crippen LogP contribution in [-0.2, 0) is 23.2 Å². The first kappa shape index (κ1) is 32.6. The summed E-state index contributed by atoms with van der Waals surface area (Å²) in [4.78, 5) is 52.9. The number of hydrogen-bond acceptors (Lipinski definition) is 10. The maximum Gasteiger partial charge on any atom is 0.328 e. The molecular weight excluding hydrogens is 648 g/mol. The van der Waals surface area contributed by atoms with Crippen LogP contribution >= 0.6 is 11.6 Å². The topological polar surface area (TPSA) is 164 Å². The molecule has 1 unspecified atom stereocenters. The second kappa shape index (κ2) is 12.8. The van der Waals surface area contributed by atoms with Crippen molar-refractivity contribution in [1.82, 2.24) is 34.0 Å². The Bertz CT molecular complexity index is 2120. The highest BCUT2D eigenvalue weighted by Gasteiger charge is 2.29. The second-order valence-corrected chi connectivity index (χ2v) is 13.9. The number of halogens is 1. The third-order valence-corrected chi connectivity index (χ3v) is 9.67. The number of aryl methyl sites for hydroxylation is 2. The van der Waals surface area contributed by atoms with E-state index < -0.39 is 11.6 Å². The van der Waals surface area contributed by atoms with Crippen molar-refractivity contribution in [2.45, 2.75) is 70.2 Å². The van der Waals surface area contributed by atoms with Gasteiger partial charge in [-0.25, -0.2) is 14.8 Å². The number of nitrogens with one attached hydrogen (secondary N) is 3. The normalized spacial score (nSPS) is 17.6. The number of imidazole rings is 2. The van der Waals surface area contributed by atoms with Crippen molar-refractivity contribution < 1.29 is 14.7 Å². The van der Waals surface area contributed by atoms with Gasteiger partial charge in [0.15, 0.2) is 5.82 Å². The fourth-order valence-electron chi connectivity index (χ4n) is 6.63. The summed E-state index contributed by atoms with van der Waals surface area (Å²) < 4.78 is 5.13. The minimum Gasteiger partial charge on any atom is -0.390 e. The van der Waals surface area contributed by atoms with Crippen molar-refractivity contribution in [3.63, 3.8) is 0 Å². The average molecular weight is 687 g/mol. The third-order valence-electron chi connectivity index (χ3n) is 9.40. The zero-order valence-electron chi connectivity index (χ0n) is 27.6. The Balaban J connectivity index is 1.00. The molecule has 2 aliphatic heterocycles. The Hall–Kier alpha value is -4.95. The highest BCUT2D eigenvalue weighted by Crippen LogP contribution is 2.30. The summed E-state index contributed by atoms with van der Waals surface area (Å²) in [6.45, 7) is 5.48. The van der Waals surface area contributed by atoms with Crippen molar-refractivity contribution >= 4 is 68.6 Å². The van der Waals surface area contributed by atoms with Crippen LogP contribution in [0, 0.1) is 0 Å². The quantitative estimate of drug-likeness (QED) is 0.166. The predicted octanol–water partition coefficient (Wildman–Crippen LogP) is 4.10. The van der Waals surface area contributed by atoms with Gasteiger partial charge in [0.05, 0.1) is 40.2 Å². The molecule has 0 bridgehead atoms. The van der Waals surface area contributed by atoms with Crippen LogP contribution in [0.15, 0.2) is 53.7 Å². The molecule has 5 heterocycles. The number of imide groups is 1. The molecule has 2 aliphatic rings. The van der Waals surface area contributed by atoms with E-state index in [4.69, 9.17) is 11.6 Å². The molecule has 2 aromatic carbocycles. The van der Waals surface area contributed by atoms with E-state index in [0.29, 0.717) is 48.3 Å². The van der Waals surface area contributed by atoms with Gasteiger partial charge in [-0.15, -0.1) is 0 Å². The number of aliphatic hydroxyl groups is 1. The van der Waals surface area contributed by atoms with Gasteiger partial charge in [0, 0.05) is 50.5 Å². The standard InChI is InChI=1S/C34H39ClN10O4/c1-34(2,49)12-15-44-28-16-21(4-6-26(28)42(3)33(44)48)38-30-23(35)18-36-32(41-30)39-20-10-13-43(14-11-20)22-5-7-25-24(17-22)37-19-45(25)27-8-9-29(46)40-31(27)47/h4-7,16-20,27,49H,8-15H2,1-3H3,(H,40,46,47)(H2,36,38,39,41). The van der Waals surface area contributed by atoms with Crippen LogP contribution in [-0.4, -0.2) is 70.3 Å². The van der Waals surface area contributed by atoms with Gasteiger partial charge in [0.2, 0.25) is 17.8 Å². The van der Waals surface area contributed by atoms with Gasteiger partial charge in [0.1, 0.15) is 11.1 Å². The molecule has 2 amide bonds. The highest BCUT2D eigenvalue weighted by atomic mass is 35.5. The summed E-state index contributed by atoms with van der Waals surface area (Å²) in [7, 11) is 1.74. The summed E-state index contributed by atoms with van der Waals surface area (Å²) >= 11 is 6.51. The molecule has 49 heavy (non-hydrogen) atoms. The number of rotatable bonds is 9. The lowest BCUT2D eigenvalue weighted by atomic mass is 10.0. The van der Waals surface area contributed by atoms with Gasteiger partial charge in [-0.05, 0) is 75.9 Å². The fourth-order valence-corrected chi connectivity index (χ4v) is 6.77. The molecule has 256 valence electrons. The van der Waals surface area contributed by atoms with Gasteiger partial charge in [0.25, 0.3) is 0 Å². The van der Waals surface area contributed by atoms with Gasteiger partial charge in [-0.3, -0.25) is 24.0 Å². The first-order valence-electron chi connectivity index (χ1n) is 16.5. The number of aromatic nitrogens is 6. The molecule has 7 rings (SSSR count). The molecule has 14 nitrogen and oxygen atoms in total. The highest BCUT2D eigenvalue weighted by molar-refractivity contribution is 6.32. The molecular formula is C34H39ClN10O4. The summed E-state index contributed by atoms with van der Waals surface area (Å²) in [6, 6.07) is 11.5. The molecule has 15 heteroatoms. The Morgan fingerprint density at radius 1 is 1.02 bits per heavy atom. The molecule has 0 radical (unpaired) electrons. The van der Waals surface area contributed by atoms with Crippen molar-refractivity contribution in [2.75, 3.05) is 28.6 Å². The summed E-state index contributed by atoms with van der Waals surface area (Å²) in [5.74, 6) is 0.387. The second-order valence-electron chi connectivity index (χ2n) is 13.5. The van der Waals surface area contributed by atoms with E-state index in [1.54, 1.807) is 42.6 Å². The van der Waals surface area contributed by atoms with Crippen LogP contribution < -0.4 is 26.5 Å². The van der Waals surface area contributed by atoms with Crippen LogP contribution in [0.1, 0.15) is 52.0 Å². The maximum absolute atomic E-state index is 12.9. The van der Waals surface area contributed by atoms with Crippen LogP contribution in [0.25, 0.3) is 22.1 Å². The summed E-state index contributed by atoms with van der Waals surface area (Å²) in [5.41, 5.74) is 3.95. The predicted molar refractivity (Wildman–Crippen MR) is 188 cm³/mol. The minimum atomic E-state index is -0.897. The van der Waals surface area contributed by atoms with Crippen LogP contribution in [0.3, 0.4) is 0 Å². The number of hydrogen-bond donors (Lipinski definition) is 4. The van der Waals surface area contributed by atoms with Crippen LogP contribution in [0.2, 0.25) is 5.02 Å². The molecule has 0 spiro atoms. The zero-order chi connectivity index (χ0) is 34.4. The van der Waals surface area contributed by atoms with E-state index in [1.165, 1.54) is 0 Å². The SMILES string of the molecule is Cn1c(=O)n(CCC(C)(C)O)c2cc(Nc3nc(NC4CCN(c5ccc6c(c5)ncn6C5CCC(=O)NC5=O)CC4)ncc3Cl)ccc21. The van der Waals surface area contributed by atoms with Gasteiger partial charge in [-0.2, -0.15) is 4.98 Å². The van der Waals surface area contributed by atoms with E-state index >= 15 is 0 Å². The lowest BCUT2D eigenvalue weighted by Gasteiger charge is -2.34. The number of benzene rings is 2. The zero-order valence-corrected chi connectivity index (χ0v) is 28.4. The van der Waals surface area contributed by atoms with E-state index in [2.05, 4.69) is 41.9 Å². The lowest BCUT2D eigenvalue weighted by Crippen LogP contribution is -2.41. The van der Waals surface area contributed by atoms with Crippen molar-refractivity contribution in [3.05, 3.63) is 64.4 Å². The van der Waals surface area contributed by atoms with E-state index in [0.717, 1.165) is 53.7 Å². The third kappa shape index (κ3) is 6.70. The number of anilines is 4. The molecule has 1 atom stereocenters. The Kier molecular flexibility index (Phi) is 8.53. The number of amides is 2. The molecule has 0 aliphatic carbocycles. The minimum absolute atomic E-state index is 0.143. The van der Waals surface area contributed by atoms with Crippen molar-refractivity contribution in [1.29, 1.82) is 0 Å². The van der Waals surface area contributed by atoms with E-state index in [-0.39, 0.29) is 23.5 Å². The largest absolute Gasteiger partial charge is 0.390 e. The number of nitrogens with zero attached hydrogens (tertiary/aromatic N) is 7. The maximum atomic E-state index is 12.9. The number of fused-ring (bicyclic) bond motifs is 2. The summed E-state index contributed by atoms with van der Waals surface area (Å²) in [6.07, 6.45) is 6.19. The molecule has 3 aromatic heterocycles. The van der Waals surface area contributed by atoms with Gasteiger partial charge in [-0.1, -0.05) is 11.6 Å². The molecule has 2 saturated heterocycles. The monoisotopic (exact) mass is 686 g/mol. The summed E-state index contributed by atoms with van der Waals surface area (Å²) in [5, 5.41) is 19.8. The van der Waals surface area contributed by atoms with Gasteiger partial charge >= 0.3 is 5.69 Å². The Morgan fingerprint density at radius 3 is 2.55 bits per heavy atom. The van der Waals surface area contributed by atoms with E-state index in [9.17, 15) is 19.5 Å². The average Bonchev–Trinajstić information content (AvgIpc) is 3.59. The molecule has 5 aromatic rings. The number of carbonyl (C=O) groups is 2. The van der Waals surface area contributed by atoms with E-state index in [1.807, 2.05) is 34.9 Å². The molecule has 2 fully saturated rings. The lowest BCUT2D eigenvalue weighted by molar-refractivity contribution is -0.135. The first-order chi connectivity index (χ1) is 23.4. The van der Waals surface area contributed by atoms with Crippen LogP contribution in [0.4, 0.5) is 23.1 Å². The Morgan fingerprint density at radius 2 is 1.80 bits per heavy atom. The number of piperidine rings is 2.